The molecular weight excluding hydrogens is 366 g/mol. The Morgan fingerprint density at radius 1 is 1.23 bits per heavy atom. The maximum absolute atomic E-state index is 12.5. The number of nitrogens with zero attached hydrogens (tertiary/aromatic N) is 2. The van der Waals surface area contributed by atoms with Gasteiger partial charge in [-0.05, 0) is 49.7 Å². The fourth-order valence-corrected chi connectivity index (χ4v) is 3.64. The van der Waals surface area contributed by atoms with Crippen molar-refractivity contribution in [3.05, 3.63) is 77.3 Å². The van der Waals surface area contributed by atoms with Crippen molar-refractivity contribution in [1.82, 2.24) is 14.9 Å². The van der Waals surface area contributed by atoms with Gasteiger partial charge >= 0.3 is 0 Å². The van der Waals surface area contributed by atoms with Gasteiger partial charge in [0.05, 0.1) is 10.9 Å². The van der Waals surface area contributed by atoms with Crippen molar-refractivity contribution in [3.63, 3.8) is 0 Å². The summed E-state index contributed by atoms with van der Waals surface area (Å²) < 4.78 is 2.02. The standard InChI is InChI=1S/C20H20ClN3OS/c1-14(26-18-9-7-17(21)8-10-18)20(25)23-13-16-5-3-4-6-19(16)24-12-11-22-15(24)2/h3-12,14H,13H2,1-2H3,(H,23,25). The third-order valence-corrected chi connectivity index (χ3v) is 5.39. The van der Waals surface area contributed by atoms with E-state index in [9.17, 15) is 4.79 Å². The molecule has 0 bridgehead atoms. The molecule has 1 aromatic heterocycles. The van der Waals surface area contributed by atoms with Gasteiger partial charge in [-0.25, -0.2) is 4.98 Å². The predicted molar refractivity (Wildman–Crippen MR) is 107 cm³/mol. The number of aryl methyl sites for hydroxylation is 1. The van der Waals surface area contributed by atoms with E-state index in [-0.39, 0.29) is 11.2 Å². The van der Waals surface area contributed by atoms with Crippen molar-refractivity contribution in [2.24, 2.45) is 0 Å². The van der Waals surface area contributed by atoms with E-state index in [1.165, 1.54) is 11.8 Å². The molecule has 134 valence electrons. The summed E-state index contributed by atoms with van der Waals surface area (Å²) in [4.78, 5) is 17.8. The Kier molecular flexibility index (Phi) is 6.01. The van der Waals surface area contributed by atoms with E-state index < -0.39 is 0 Å². The van der Waals surface area contributed by atoms with Gasteiger partial charge in [-0.1, -0.05) is 29.8 Å². The summed E-state index contributed by atoms with van der Waals surface area (Å²) in [5, 5.41) is 3.53. The number of para-hydroxylation sites is 1. The number of hydrogen-bond acceptors (Lipinski definition) is 3. The average molecular weight is 386 g/mol. The van der Waals surface area contributed by atoms with E-state index in [2.05, 4.69) is 10.3 Å². The number of imidazole rings is 1. The van der Waals surface area contributed by atoms with E-state index in [0.29, 0.717) is 11.6 Å². The molecule has 0 aliphatic carbocycles. The molecule has 1 atom stereocenters. The summed E-state index contributed by atoms with van der Waals surface area (Å²) in [5.41, 5.74) is 2.08. The lowest BCUT2D eigenvalue weighted by Crippen LogP contribution is -2.30. The lowest BCUT2D eigenvalue weighted by Gasteiger charge is -2.15. The number of halogens is 1. The molecule has 4 nitrogen and oxygen atoms in total. The van der Waals surface area contributed by atoms with E-state index in [1.807, 2.05) is 73.1 Å². The zero-order valence-corrected chi connectivity index (χ0v) is 16.2. The number of hydrogen-bond donors (Lipinski definition) is 1. The molecule has 2 aromatic carbocycles. The van der Waals surface area contributed by atoms with E-state index in [4.69, 9.17) is 11.6 Å². The molecule has 6 heteroatoms. The van der Waals surface area contributed by atoms with Gasteiger partial charge in [0.15, 0.2) is 0 Å². The first-order valence-corrected chi connectivity index (χ1v) is 9.58. The van der Waals surface area contributed by atoms with Gasteiger partial charge in [0.2, 0.25) is 5.91 Å². The van der Waals surface area contributed by atoms with Crippen LogP contribution in [0.1, 0.15) is 18.3 Å². The van der Waals surface area contributed by atoms with Crippen LogP contribution >= 0.6 is 23.4 Å². The second-order valence-corrected chi connectivity index (χ2v) is 7.76. The number of carbonyl (C=O) groups is 1. The highest BCUT2D eigenvalue weighted by atomic mass is 35.5. The minimum atomic E-state index is -0.196. The van der Waals surface area contributed by atoms with Crippen molar-refractivity contribution >= 4 is 29.3 Å². The highest BCUT2D eigenvalue weighted by Gasteiger charge is 2.15. The van der Waals surface area contributed by atoms with Crippen LogP contribution in [0.2, 0.25) is 5.02 Å². The molecule has 1 unspecified atom stereocenters. The third kappa shape index (κ3) is 4.48. The zero-order chi connectivity index (χ0) is 18.5. The minimum Gasteiger partial charge on any atom is -0.351 e. The van der Waals surface area contributed by atoms with Gasteiger partial charge in [-0.3, -0.25) is 4.79 Å². The van der Waals surface area contributed by atoms with Crippen LogP contribution < -0.4 is 5.32 Å². The Labute approximate surface area is 162 Å². The summed E-state index contributed by atoms with van der Waals surface area (Å²) in [5.74, 6) is 0.914. The van der Waals surface area contributed by atoms with Crippen LogP contribution in [0.25, 0.3) is 5.69 Å². The second-order valence-electron chi connectivity index (χ2n) is 5.90. The van der Waals surface area contributed by atoms with Crippen LogP contribution in [0.15, 0.2) is 65.8 Å². The maximum atomic E-state index is 12.5. The van der Waals surface area contributed by atoms with Crippen LogP contribution in [0.3, 0.4) is 0 Å². The number of thioether (sulfide) groups is 1. The summed E-state index contributed by atoms with van der Waals surface area (Å²) in [6.45, 7) is 4.33. The molecule has 0 saturated carbocycles. The maximum Gasteiger partial charge on any atom is 0.233 e. The lowest BCUT2D eigenvalue weighted by molar-refractivity contribution is -0.120. The topological polar surface area (TPSA) is 46.9 Å². The van der Waals surface area contributed by atoms with E-state index in [0.717, 1.165) is 22.0 Å². The SMILES string of the molecule is Cc1nccn1-c1ccccc1CNC(=O)C(C)Sc1ccc(Cl)cc1. The lowest BCUT2D eigenvalue weighted by atomic mass is 10.1. The summed E-state index contributed by atoms with van der Waals surface area (Å²) in [7, 11) is 0. The fourth-order valence-electron chi connectivity index (χ4n) is 2.62. The number of nitrogens with one attached hydrogen (secondary N) is 1. The Bertz CT molecular complexity index is 892. The van der Waals surface area contributed by atoms with E-state index in [1.54, 1.807) is 6.20 Å². The smallest absolute Gasteiger partial charge is 0.233 e. The molecule has 1 amide bonds. The molecule has 1 N–H and O–H groups in total. The number of benzene rings is 2. The number of amides is 1. The quantitative estimate of drug-likeness (QED) is 0.629. The first kappa shape index (κ1) is 18.5. The molecule has 1 heterocycles. The van der Waals surface area contributed by atoms with Gasteiger partial charge in [0.25, 0.3) is 0 Å². The molecular formula is C20H20ClN3OS. The first-order chi connectivity index (χ1) is 12.5. The second kappa shape index (κ2) is 8.43. The van der Waals surface area contributed by atoms with Crippen molar-refractivity contribution in [3.8, 4) is 5.69 Å². The average Bonchev–Trinajstić information content (AvgIpc) is 3.07. The van der Waals surface area contributed by atoms with Crippen LogP contribution in [0.4, 0.5) is 0 Å². The van der Waals surface area contributed by atoms with Crippen molar-refractivity contribution in [1.29, 1.82) is 0 Å². The molecule has 0 saturated heterocycles. The van der Waals surface area contributed by atoms with Crippen LogP contribution in [0, 0.1) is 6.92 Å². The number of aromatic nitrogens is 2. The first-order valence-electron chi connectivity index (χ1n) is 8.33. The Balaban J connectivity index is 1.64. The predicted octanol–water partition coefficient (Wildman–Crippen LogP) is 4.63. The largest absolute Gasteiger partial charge is 0.351 e. The molecule has 3 rings (SSSR count). The number of rotatable bonds is 6. The normalized spacial score (nSPS) is 12.0. The van der Waals surface area contributed by atoms with Crippen LogP contribution in [-0.4, -0.2) is 20.7 Å². The molecule has 0 aliphatic heterocycles. The van der Waals surface area contributed by atoms with Gasteiger partial charge in [0, 0.05) is 28.9 Å². The number of carbonyl (C=O) groups excluding carboxylic acids is 1. The van der Waals surface area contributed by atoms with Gasteiger partial charge in [0.1, 0.15) is 5.82 Å². The summed E-state index contributed by atoms with van der Waals surface area (Å²) in [6.07, 6.45) is 3.70. The summed E-state index contributed by atoms with van der Waals surface area (Å²) >= 11 is 7.42. The van der Waals surface area contributed by atoms with Crippen molar-refractivity contribution < 1.29 is 4.79 Å². The molecule has 0 fully saturated rings. The summed E-state index contributed by atoms with van der Waals surface area (Å²) in [6, 6.07) is 15.5. The van der Waals surface area contributed by atoms with Gasteiger partial charge in [-0.15, -0.1) is 11.8 Å². The monoisotopic (exact) mass is 385 g/mol. The molecule has 0 radical (unpaired) electrons. The third-order valence-electron chi connectivity index (χ3n) is 4.03. The van der Waals surface area contributed by atoms with Gasteiger partial charge in [-0.2, -0.15) is 0 Å². The molecule has 0 spiro atoms. The molecule has 3 aromatic rings. The highest BCUT2D eigenvalue weighted by molar-refractivity contribution is 8.00. The molecule has 0 aliphatic rings. The Morgan fingerprint density at radius 2 is 1.96 bits per heavy atom. The van der Waals surface area contributed by atoms with Crippen molar-refractivity contribution in [2.45, 2.75) is 30.5 Å². The Hall–Kier alpha value is -2.24. The minimum absolute atomic E-state index is 0.00195. The fraction of sp³-hybridized carbons (Fsp3) is 0.200. The van der Waals surface area contributed by atoms with E-state index >= 15 is 0 Å². The Morgan fingerprint density at radius 3 is 2.65 bits per heavy atom. The van der Waals surface area contributed by atoms with Crippen molar-refractivity contribution in [2.75, 3.05) is 0 Å². The molecule has 26 heavy (non-hydrogen) atoms. The van der Waals surface area contributed by atoms with Crippen LogP contribution in [-0.2, 0) is 11.3 Å². The zero-order valence-electron chi connectivity index (χ0n) is 14.6. The van der Waals surface area contributed by atoms with Crippen LogP contribution in [0.5, 0.6) is 0 Å². The highest BCUT2D eigenvalue weighted by Crippen LogP contribution is 2.25. The van der Waals surface area contributed by atoms with Gasteiger partial charge < -0.3 is 9.88 Å².